The van der Waals surface area contributed by atoms with Gasteiger partial charge in [-0.2, -0.15) is 0 Å². The van der Waals surface area contributed by atoms with Crippen molar-refractivity contribution in [1.82, 2.24) is 0 Å². The molecule has 0 unspecified atom stereocenters. The van der Waals surface area contributed by atoms with Gasteiger partial charge in [-0.3, -0.25) is 4.79 Å². The molecule has 1 rings (SSSR count). The van der Waals surface area contributed by atoms with Gasteiger partial charge in [0.15, 0.2) is 0 Å². The second-order valence-corrected chi connectivity index (χ2v) is 3.35. The number of carbonyl (C=O) groups excluding carboxylic acids is 2. The fraction of sp³-hybridized carbons (Fsp3) is 0.500. The largest absolute Gasteiger partial charge is 0.478 e. The average Bonchev–Trinajstić information content (AvgIpc) is 2.19. The predicted octanol–water partition coefficient (Wildman–Crippen LogP) is 0.682. The maximum Gasteiger partial charge on any atom is 0.331 e. The SMILES string of the molecule is O=C(O)/C=C\C(=O)OC1CCC(=O)CC1. The highest BCUT2D eigenvalue weighted by Gasteiger charge is 2.21. The summed E-state index contributed by atoms with van der Waals surface area (Å²) in [7, 11) is 0. The maximum absolute atomic E-state index is 11.0. The molecule has 0 saturated heterocycles. The topological polar surface area (TPSA) is 80.7 Å². The average molecular weight is 212 g/mol. The van der Waals surface area contributed by atoms with E-state index >= 15 is 0 Å². The minimum atomic E-state index is -1.19. The molecular weight excluding hydrogens is 200 g/mol. The second kappa shape index (κ2) is 5.29. The summed E-state index contributed by atoms with van der Waals surface area (Å²) in [6.07, 6.45) is 3.28. The van der Waals surface area contributed by atoms with Crippen LogP contribution in [0.2, 0.25) is 0 Å². The molecule has 0 aromatic heterocycles. The van der Waals surface area contributed by atoms with Crippen LogP contribution in [0.4, 0.5) is 0 Å². The Balaban J connectivity index is 2.32. The Labute approximate surface area is 86.7 Å². The first kappa shape index (κ1) is 11.4. The molecule has 1 N–H and O–H groups in total. The van der Waals surface area contributed by atoms with Gasteiger partial charge in [0.1, 0.15) is 11.9 Å². The van der Waals surface area contributed by atoms with Crippen LogP contribution in [0.3, 0.4) is 0 Å². The molecule has 1 saturated carbocycles. The number of aliphatic carboxylic acids is 1. The van der Waals surface area contributed by atoms with Crippen molar-refractivity contribution in [3.63, 3.8) is 0 Å². The lowest BCUT2D eigenvalue weighted by Crippen LogP contribution is -2.23. The molecule has 0 bridgehead atoms. The van der Waals surface area contributed by atoms with E-state index in [2.05, 4.69) is 0 Å². The molecule has 0 amide bonds. The summed E-state index contributed by atoms with van der Waals surface area (Å²) in [6.45, 7) is 0. The van der Waals surface area contributed by atoms with Crippen molar-refractivity contribution in [2.45, 2.75) is 31.8 Å². The molecule has 0 aliphatic heterocycles. The van der Waals surface area contributed by atoms with Crippen molar-refractivity contribution in [2.75, 3.05) is 0 Å². The quantitative estimate of drug-likeness (QED) is 0.549. The van der Waals surface area contributed by atoms with Gasteiger partial charge < -0.3 is 9.84 Å². The molecule has 0 atom stereocenters. The number of ketones is 1. The van der Waals surface area contributed by atoms with Gasteiger partial charge in [0, 0.05) is 25.0 Å². The van der Waals surface area contributed by atoms with E-state index < -0.39 is 11.9 Å². The summed E-state index contributed by atoms with van der Waals surface area (Å²) in [5.74, 6) is -1.68. The van der Waals surface area contributed by atoms with Crippen LogP contribution < -0.4 is 0 Å². The molecule has 0 aromatic rings. The summed E-state index contributed by atoms with van der Waals surface area (Å²) in [5, 5.41) is 8.26. The number of carboxylic acid groups (broad SMARTS) is 1. The Morgan fingerprint density at radius 2 is 1.87 bits per heavy atom. The van der Waals surface area contributed by atoms with Gasteiger partial charge in [-0.15, -0.1) is 0 Å². The summed E-state index contributed by atoms with van der Waals surface area (Å²) in [4.78, 5) is 32.0. The number of ether oxygens (including phenoxy) is 1. The Kier molecular flexibility index (Phi) is 4.03. The van der Waals surface area contributed by atoms with Crippen molar-refractivity contribution in [2.24, 2.45) is 0 Å². The molecule has 5 heteroatoms. The van der Waals surface area contributed by atoms with Gasteiger partial charge in [0.2, 0.25) is 0 Å². The van der Waals surface area contributed by atoms with E-state index in [1.54, 1.807) is 0 Å². The standard InChI is InChI=1S/C10H12O5/c11-7-1-3-8(4-2-7)15-10(14)6-5-9(12)13/h5-6,8H,1-4H2,(H,12,13)/b6-5-. The molecule has 1 aliphatic rings. The number of esters is 1. The number of carbonyl (C=O) groups is 3. The second-order valence-electron chi connectivity index (χ2n) is 3.35. The van der Waals surface area contributed by atoms with Crippen molar-refractivity contribution in [3.8, 4) is 0 Å². The van der Waals surface area contributed by atoms with Crippen LogP contribution in [0.25, 0.3) is 0 Å². The zero-order chi connectivity index (χ0) is 11.3. The van der Waals surface area contributed by atoms with E-state index in [9.17, 15) is 14.4 Å². The highest BCUT2D eigenvalue weighted by atomic mass is 16.5. The van der Waals surface area contributed by atoms with Gasteiger partial charge in [-0.05, 0) is 12.8 Å². The Morgan fingerprint density at radius 3 is 2.40 bits per heavy atom. The number of Topliss-reactive ketones (excluding diaryl/α,β-unsaturated/α-hetero) is 1. The lowest BCUT2D eigenvalue weighted by Gasteiger charge is -2.20. The van der Waals surface area contributed by atoms with Crippen LogP contribution in [0.15, 0.2) is 12.2 Å². The molecule has 82 valence electrons. The summed E-state index contributed by atoms with van der Waals surface area (Å²) < 4.78 is 4.95. The summed E-state index contributed by atoms with van der Waals surface area (Å²) in [5.41, 5.74) is 0. The van der Waals surface area contributed by atoms with Crippen molar-refractivity contribution < 1.29 is 24.2 Å². The third kappa shape index (κ3) is 4.39. The Bertz CT molecular complexity index is 295. The van der Waals surface area contributed by atoms with Crippen LogP contribution in [-0.2, 0) is 19.1 Å². The lowest BCUT2D eigenvalue weighted by atomic mass is 9.96. The zero-order valence-corrected chi connectivity index (χ0v) is 8.14. The molecule has 0 radical (unpaired) electrons. The first-order valence-electron chi connectivity index (χ1n) is 4.71. The number of hydrogen-bond donors (Lipinski definition) is 1. The van der Waals surface area contributed by atoms with Crippen molar-refractivity contribution in [3.05, 3.63) is 12.2 Å². The van der Waals surface area contributed by atoms with Crippen LogP contribution >= 0.6 is 0 Å². The van der Waals surface area contributed by atoms with Crippen LogP contribution in [0.1, 0.15) is 25.7 Å². The van der Waals surface area contributed by atoms with Gasteiger partial charge in [-0.1, -0.05) is 0 Å². The Hall–Kier alpha value is -1.65. The molecule has 0 heterocycles. The number of hydrogen-bond acceptors (Lipinski definition) is 4. The monoisotopic (exact) mass is 212 g/mol. The van der Waals surface area contributed by atoms with E-state index in [1.807, 2.05) is 0 Å². The third-order valence-corrected chi connectivity index (χ3v) is 2.14. The molecule has 5 nitrogen and oxygen atoms in total. The highest BCUT2D eigenvalue weighted by molar-refractivity contribution is 5.90. The smallest absolute Gasteiger partial charge is 0.331 e. The first-order chi connectivity index (χ1) is 7.08. The first-order valence-corrected chi connectivity index (χ1v) is 4.71. The van der Waals surface area contributed by atoms with E-state index in [-0.39, 0.29) is 11.9 Å². The fourth-order valence-electron chi connectivity index (χ4n) is 1.37. The summed E-state index contributed by atoms with van der Waals surface area (Å²) >= 11 is 0. The minimum absolute atomic E-state index is 0.184. The van der Waals surface area contributed by atoms with Gasteiger partial charge in [-0.25, -0.2) is 9.59 Å². The Morgan fingerprint density at radius 1 is 1.27 bits per heavy atom. The molecule has 1 fully saturated rings. The van der Waals surface area contributed by atoms with E-state index in [1.165, 1.54) is 0 Å². The van der Waals surface area contributed by atoms with Gasteiger partial charge >= 0.3 is 11.9 Å². The zero-order valence-electron chi connectivity index (χ0n) is 8.14. The molecule has 15 heavy (non-hydrogen) atoms. The van der Waals surface area contributed by atoms with E-state index in [0.29, 0.717) is 25.7 Å². The normalized spacial score (nSPS) is 18.0. The summed E-state index contributed by atoms with van der Waals surface area (Å²) in [6, 6.07) is 0. The van der Waals surface area contributed by atoms with E-state index in [0.717, 1.165) is 12.2 Å². The van der Waals surface area contributed by atoms with E-state index in [4.69, 9.17) is 9.84 Å². The maximum atomic E-state index is 11.0. The predicted molar refractivity (Wildman–Crippen MR) is 50.1 cm³/mol. The third-order valence-electron chi connectivity index (χ3n) is 2.14. The molecule has 1 aliphatic carbocycles. The van der Waals surface area contributed by atoms with Crippen LogP contribution in [-0.4, -0.2) is 28.9 Å². The van der Waals surface area contributed by atoms with Gasteiger partial charge in [0.05, 0.1) is 0 Å². The van der Waals surface area contributed by atoms with Crippen LogP contribution in [0, 0.1) is 0 Å². The minimum Gasteiger partial charge on any atom is -0.478 e. The number of carboxylic acids is 1. The van der Waals surface area contributed by atoms with Crippen molar-refractivity contribution >= 4 is 17.7 Å². The van der Waals surface area contributed by atoms with Gasteiger partial charge in [0.25, 0.3) is 0 Å². The molecule has 0 spiro atoms. The fourth-order valence-corrected chi connectivity index (χ4v) is 1.37. The molecule has 0 aromatic carbocycles. The van der Waals surface area contributed by atoms with Crippen LogP contribution in [0.5, 0.6) is 0 Å². The lowest BCUT2D eigenvalue weighted by molar-refractivity contribution is -0.146. The molecular formula is C10H12O5. The van der Waals surface area contributed by atoms with Crippen molar-refractivity contribution in [1.29, 1.82) is 0 Å². The highest BCUT2D eigenvalue weighted by Crippen LogP contribution is 2.17. The number of rotatable bonds is 3.